The fourth-order valence-corrected chi connectivity index (χ4v) is 3.85. The first-order valence-electron chi connectivity index (χ1n) is 8.08. The molecule has 3 heterocycles. The molecule has 7 heteroatoms. The lowest BCUT2D eigenvalue weighted by Gasteiger charge is -2.30. The SMILES string of the molecule is CCOC(=O)c1c(NC(=O)c2cccnc2)sc2c1CC(C)(C)OC2. The van der Waals surface area contributed by atoms with Crippen LogP contribution in [0.15, 0.2) is 24.5 Å². The van der Waals surface area contributed by atoms with Crippen LogP contribution in [0.1, 0.15) is 51.9 Å². The summed E-state index contributed by atoms with van der Waals surface area (Å²) in [4.78, 5) is 29.9. The number of carbonyl (C=O) groups excluding carboxylic acids is 2. The zero-order chi connectivity index (χ0) is 18.0. The summed E-state index contributed by atoms with van der Waals surface area (Å²) in [5.41, 5.74) is 1.41. The van der Waals surface area contributed by atoms with Crippen LogP contribution in [-0.2, 0) is 22.5 Å². The molecule has 0 fully saturated rings. The molecule has 0 radical (unpaired) electrons. The molecule has 1 aliphatic rings. The Balaban J connectivity index is 1.97. The van der Waals surface area contributed by atoms with E-state index in [1.54, 1.807) is 25.3 Å². The van der Waals surface area contributed by atoms with E-state index in [1.165, 1.54) is 17.5 Å². The van der Waals surface area contributed by atoms with Gasteiger partial charge in [-0.25, -0.2) is 4.79 Å². The summed E-state index contributed by atoms with van der Waals surface area (Å²) >= 11 is 1.36. The van der Waals surface area contributed by atoms with E-state index >= 15 is 0 Å². The van der Waals surface area contributed by atoms with Crippen LogP contribution >= 0.6 is 11.3 Å². The van der Waals surface area contributed by atoms with Crippen LogP contribution < -0.4 is 5.32 Å². The minimum Gasteiger partial charge on any atom is -0.462 e. The van der Waals surface area contributed by atoms with Gasteiger partial charge in [-0.2, -0.15) is 0 Å². The number of fused-ring (bicyclic) bond motifs is 1. The second kappa shape index (κ2) is 6.93. The standard InChI is InChI=1S/C18H20N2O4S/c1-4-23-17(22)14-12-8-18(2,3)24-10-13(12)25-16(14)20-15(21)11-6-5-7-19-9-11/h5-7,9H,4,8,10H2,1-3H3,(H,20,21). The Morgan fingerprint density at radius 3 is 2.92 bits per heavy atom. The highest BCUT2D eigenvalue weighted by atomic mass is 32.1. The number of hydrogen-bond acceptors (Lipinski definition) is 6. The molecule has 6 nitrogen and oxygen atoms in total. The number of amides is 1. The van der Waals surface area contributed by atoms with Gasteiger partial charge in [0.2, 0.25) is 0 Å². The van der Waals surface area contributed by atoms with Crippen LogP contribution in [0, 0.1) is 0 Å². The van der Waals surface area contributed by atoms with Gasteiger partial charge in [-0.05, 0) is 38.5 Å². The third-order valence-electron chi connectivity index (χ3n) is 3.92. The summed E-state index contributed by atoms with van der Waals surface area (Å²) < 4.78 is 11.0. The smallest absolute Gasteiger partial charge is 0.341 e. The Labute approximate surface area is 150 Å². The summed E-state index contributed by atoms with van der Waals surface area (Å²) in [7, 11) is 0. The molecule has 3 rings (SSSR count). The molecule has 0 aromatic carbocycles. The summed E-state index contributed by atoms with van der Waals surface area (Å²) in [6.45, 7) is 6.42. The average molecular weight is 360 g/mol. The number of carbonyl (C=O) groups is 2. The second-order valence-electron chi connectivity index (χ2n) is 6.35. The van der Waals surface area contributed by atoms with E-state index < -0.39 is 5.97 Å². The minimum atomic E-state index is -0.417. The minimum absolute atomic E-state index is 0.277. The van der Waals surface area contributed by atoms with E-state index in [0.717, 1.165) is 10.4 Å². The molecule has 1 amide bonds. The van der Waals surface area contributed by atoms with Crippen molar-refractivity contribution in [1.29, 1.82) is 0 Å². The van der Waals surface area contributed by atoms with Gasteiger partial charge in [-0.3, -0.25) is 9.78 Å². The maximum atomic E-state index is 12.5. The zero-order valence-corrected chi connectivity index (χ0v) is 15.2. The Morgan fingerprint density at radius 1 is 1.44 bits per heavy atom. The van der Waals surface area contributed by atoms with Crippen LogP contribution in [0.4, 0.5) is 5.00 Å². The van der Waals surface area contributed by atoms with Crippen LogP contribution in [0.2, 0.25) is 0 Å². The number of ether oxygens (including phenoxy) is 2. The van der Waals surface area contributed by atoms with E-state index in [9.17, 15) is 9.59 Å². The molecule has 132 valence electrons. The van der Waals surface area contributed by atoms with Crippen LogP contribution in [0.25, 0.3) is 0 Å². The van der Waals surface area contributed by atoms with Crippen molar-refractivity contribution in [3.63, 3.8) is 0 Å². The number of aromatic nitrogens is 1. The van der Waals surface area contributed by atoms with Crippen LogP contribution in [-0.4, -0.2) is 29.1 Å². The highest BCUT2D eigenvalue weighted by Gasteiger charge is 2.34. The Kier molecular flexibility index (Phi) is 4.87. The van der Waals surface area contributed by atoms with Crippen molar-refractivity contribution in [2.24, 2.45) is 0 Å². The van der Waals surface area contributed by atoms with Gasteiger partial charge in [-0.15, -0.1) is 11.3 Å². The van der Waals surface area contributed by atoms with Crippen molar-refractivity contribution in [3.8, 4) is 0 Å². The summed E-state index contributed by atoms with van der Waals surface area (Å²) in [5, 5.41) is 3.33. The molecular formula is C18H20N2O4S. The third-order valence-corrected chi connectivity index (χ3v) is 5.04. The molecule has 2 aromatic heterocycles. The average Bonchev–Trinajstić information content (AvgIpc) is 2.91. The van der Waals surface area contributed by atoms with E-state index in [-0.39, 0.29) is 18.1 Å². The first-order valence-corrected chi connectivity index (χ1v) is 8.90. The molecule has 0 saturated heterocycles. The van der Waals surface area contributed by atoms with Gasteiger partial charge in [0.25, 0.3) is 5.91 Å². The molecule has 0 spiro atoms. The van der Waals surface area contributed by atoms with Crippen LogP contribution in [0.3, 0.4) is 0 Å². The fourth-order valence-electron chi connectivity index (χ4n) is 2.73. The van der Waals surface area contributed by atoms with Gasteiger partial charge in [-0.1, -0.05) is 0 Å². The highest BCUT2D eigenvalue weighted by molar-refractivity contribution is 7.17. The normalized spacial score (nSPS) is 15.3. The molecule has 0 unspecified atom stereocenters. The lowest BCUT2D eigenvalue weighted by atomic mass is 9.93. The lowest BCUT2D eigenvalue weighted by Crippen LogP contribution is -2.32. The molecule has 0 atom stereocenters. The van der Waals surface area contributed by atoms with Crippen molar-refractivity contribution in [3.05, 3.63) is 46.1 Å². The number of esters is 1. The van der Waals surface area contributed by atoms with Gasteiger partial charge in [0.1, 0.15) is 5.00 Å². The number of anilines is 1. The monoisotopic (exact) mass is 360 g/mol. The summed E-state index contributed by atoms with van der Waals surface area (Å²) in [5.74, 6) is -0.725. The van der Waals surface area contributed by atoms with Gasteiger partial charge >= 0.3 is 5.97 Å². The topological polar surface area (TPSA) is 77.5 Å². The van der Waals surface area contributed by atoms with E-state index in [4.69, 9.17) is 9.47 Å². The van der Waals surface area contributed by atoms with Gasteiger partial charge in [0, 0.05) is 23.7 Å². The molecule has 1 N–H and O–H groups in total. The maximum absolute atomic E-state index is 12.5. The first-order chi connectivity index (χ1) is 11.9. The van der Waals surface area contributed by atoms with Crippen molar-refractivity contribution in [1.82, 2.24) is 4.98 Å². The number of rotatable bonds is 4. The quantitative estimate of drug-likeness (QED) is 0.845. The predicted octanol–water partition coefficient (Wildman–Crippen LogP) is 3.42. The van der Waals surface area contributed by atoms with Gasteiger partial charge in [0.15, 0.2) is 0 Å². The Hall–Kier alpha value is -2.25. The number of thiophene rings is 1. The molecule has 0 aliphatic carbocycles. The van der Waals surface area contributed by atoms with Gasteiger partial charge < -0.3 is 14.8 Å². The fraction of sp³-hybridized carbons (Fsp3) is 0.389. The highest BCUT2D eigenvalue weighted by Crippen LogP contribution is 2.40. The Bertz CT molecular complexity index is 799. The largest absolute Gasteiger partial charge is 0.462 e. The van der Waals surface area contributed by atoms with Crippen molar-refractivity contribution >= 4 is 28.2 Å². The number of nitrogens with zero attached hydrogens (tertiary/aromatic N) is 1. The third kappa shape index (κ3) is 3.72. The van der Waals surface area contributed by atoms with Crippen LogP contribution in [0.5, 0.6) is 0 Å². The van der Waals surface area contributed by atoms with Crippen molar-refractivity contribution in [2.75, 3.05) is 11.9 Å². The molecule has 25 heavy (non-hydrogen) atoms. The molecule has 0 saturated carbocycles. The predicted molar refractivity (Wildman–Crippen MR) is 95.0 cm³/mol. The number of nitrogens with one attached hydrogen (secondary N) is 1. The van der Waals surface area contributed by atoms with Gasteiger partial charge in [0.05, 0.1) is 29.9 Å². The molecule has 0 bridgehead atoms. The van der Waals surface area contributed by atoms with E-state index in [1.807, 2.05) is 13.8 Å². The van der Waals surface area contributed by atoms with Crippen molar-refractivity contribution in [2.45, 2.75) is 39.4 Å². The number of hydrogen-bond donors (Lipinski definition) is 1. The zero-order valence-electron chi connectivity index (χ0n) is 14.4. The second-order valence-corrected chi connectivity index (χ2v) is 7.45. The lowest BCUT2D eigenvalue weighted by molar-refractivity contribution is -0.0384. The Morgan fingerprint density at radius 2 is 2.24 bits per heavy atom. The molecular weight excluding hydrogens is 340 g/mol. The summed E-state index contributed by atoms with van der Waals surface area (Å²) in [6.07, 6.45) is 3.68. The van der Waals surface area contributed by atoms with E-state index in [0.29, 0.717) is 29.2 Å². The molecule has 2 aromatic rings. The van der Waals surface area contributed by atoms with Crippen molar-refractivity contribution < 1.29 is 19.1 Å². The maximum Gasteiger partial charge on any atom is 0.341 e. The molecule has 1 aliphatic heterocycles. The first kappa shape index (κ1) is 17.6. The number of pyridine rings is 1. The van der Waals surface area contributed by atoms with E-state index in [2.05, 4.69) is 10.3 Å². The summed E-state index contributed by atoms with van der Waals surface area (Å²) in [6, 6.07) is 3.36.